The number of benzene rings is 1. The predicted octanol–water partition coefficient (Wildman–Crippen LogP) is 3.49. The Kier molecular flexibility index (Phi) is 6.41. The molecule has 1 aromatic carbocycles. The van der Waals surface area contributed by atoms with E-state index in [9.17, 15) is 14.9 Å². The van der Waals surface area contributed by atoms with Gasteiger partial charge in [0.15, 0.2) is 5.76 Å². The smallest absolute Gasteiger partial charge is 0.410 e. The van der Waals surface area contributed by atoms with Gasteiger partial charge in [0.05, 0.1) is 36.6 Å². The van der Waals surface area contributed by atoms with Crippen molar-refractivity contribution in [2.75, 3.05) is 6.54 Å². The molecule has 0 bridgehead atoms. The van der Waals surface area contributed by atoms with Gasteiger partial charge in [0.1, 0.15) is 5.60 Å². The Morgan fingerprint density at radius 1 is 1.30 bits per heavy atom. The number of nitrogens with one attached hydrogen (secondary N) is 1. The Morgan fingerprint density at radius 2 is 2.11 bits per heavy atom. The van der Waals surface area contributed by atoms with E-state index in [2.05, 4.69) is 26.7 Å². The molecule has 0 unspecified atom stereocenters. The molecule has 1 aliphatic carbocycles. The van der Waals surface area contributed by atoms with Crippen molar-refractivity contribution < 1.29 is 18.7 Å². The summed E-state index contributed by atoms with van der Waals surface area (Å²) in [6.45, 7) is 6.15. The Balaban J connectivity index is 1.30. The van der Waals surface area contributed by atoms with Crippen molar-refractivity contribution in [3.8, 4) is 17.4 Å². The number of likely N-dealkylation sites (tertiary alicyclic amines) is 1. The van der Waals surface area contributed by atoms with Crippen molar-refractivity contribution in [1.82, 2.24) is 30.2 Å². The highest BCUT2D eigenvalue weighted by Crippen LogP contribution is 2.44. The summed E-state index contributed by atoms with van der Waals surface area (Å²) in [6, 6.07) is 7.12. The van der Waals surface area contributed by atoms with E-state index in [0.29, 0.717) is 30.2 Å². The monoisotopic (exact) mass is 503 g/mol. The van der Waals surface area contributed by atoms with E-state index >= 15 is 0 Å². The van der Waals surface area contributed by atoms with Crippen LogP contribution in [-0.4, -0.2) is 61.1 Å². The number of hydrogen-bond acceptors (Lipinski definition) is 8. The van der Waals surface area contributed by atoms with Crippen LogP contribution in [0.3, 0.4) is 0 Å². The zero-order valence-electron chi connectivity index (χ0n) is 21.0. The van der Waals surface area contributed by atoms with Crippen LogP contribution >= 0.6 is 0 Å². The van der Waals surface area contributed by atoms with Crippen LogP contribution < -0.4 is 5.32 Å². The number of nitriles is 1. The van der Waals surface area contributed by atoms with Gasteiger partial charge in [-0.2, -0.15) is 5.26 Å². The van der Waals surface area contributed by atoms with Gasteiger partial charge in [-0.3, -0.25) is 9.48 Å². The number of nitrogens with zero attached hydrogens (tertiary/aromatic N) is 6. The first kappa shape index (κ1) is 24.5. The molecule has 0 spiro atoms. The summed E-state index contributed by atoms with van der Waals surface area (Å²) >= 11 is 0. The number of carbonyl (C=O) groups excluding carboxylic acids is 2. The highest BCUT2D eigenvalue weighted by Gasteiger charge is 2.39. The number of oxazole rings is 1. The van der Waals surface area contributed by atoms with Crippen LogP contribution in [0.5, 0.6) is 0 Å². The van der Waals surface area contributed by atoms with Gasteiger partial charge < -0.3 is 19.4 Å². The van der Waals surface area contributed by atoms with Crippen LogP contribution in [-0.2, 0) is 11.3 Å². The molecule has 0 radical (unpaired) electrons. The molecule has 1 aliphatic heterocycles. The molecule has 2 atom stereocenters. The number of ether oxygens (including phenoxy) is 1. The molecule has 2 aromatic heterocycles. The Bertz CT molecular complexity index is 1330. The lowest BCUT2D eigenvalue weighted by atomic mass is 9.99. The van der Waals surface area contributed by atoms with Gasteiger partial charge in [0, 0.05) is 24.3 Å². The fourth-order valence-corrected chi connectivity index (χ4v) is 4.62. The molecular formula is C26H29N7O4. The summed E-state index contributed by atoms with van der Waals surface area (Å²) in [7, 11) is 0. The third-order valence-corrected chi connectivity index (χ3v) is 6.41. The molecule has 2 fully saturated rings. The van der Waals surface area contributed by atoms with Crippen LogP contribution in [0.1, 0.15) is 67.8 Å². The molecule has 11 heteroatoms. The van der Waals surface area contributed by atoms with E-state index in [1.807, 2.05) is 26.8 Å². The Morgan fingerprint density at radius 3 is 2.78 bits per heavy atom. The van der Waals surface area contributed by atoms with Crippen LogP contribution in [0.15, 0.2) is 41.2 Å². The molecule has 1 saturated carbocycles. The summed E-state index contributed by atoms with van der Waals surface area (Å²) in [5.74, 6) is 0.355. The molecule has 1 N–H and O–H groups in total. The van der Waals surface area contributed by atoms with E-state index in [-0.39, 0.29) is 24.5 Å². The van der Waals surface area contributed by atoms with Gasteiger partial charge in [0.25, 0.3) is 5.89 Å². The maximum absolute atomic E-state index is 13.0. The second kappa shape index (κ2) is 9.69. The molecule has 2 amide bonds. The highest BCUT2D eigenvalue weighted by atomic mass is 16.6. The fraction of sp³-hybridized carbons (Fsp3) is 0.462. The van der Waals surface area contributed by atoms with E-state index < -0.39 is 17.6 Å². The summed E-state index contributed by atoms with van der Waals surface area (Å²) in [5.41, 5.74) is 1.76. The van der Waals surface area contributed by atoms with Gasteiger partial charge in [0.2, 0.25) is 0 Å². The fourth-order valence-electron chi connectivity index (χ4n) is 4.62. The molecule has 3 heterocycles. The first-order valence-corrected chi connectivity index (χ1v) is 12.3. The van der Waals surface area contributed by atoms with E-state index in [4.69, 9.17) is 9.15 Å². The molecule has 11 nitrogen and oxygen atoms in total. The standard InChI is InChI=1S/C26H29N7O4/c1-26(2,3)37-25(35)33-14-18(11-19(33)15-32-9-8-29-31-32)30-23(34)24-28-13-22(36-24)21-10-16(12-27)4-7-20(21)17-5-6-17/h4,7-10,13,17-19H,5-6,11,14-15H2,1-3H3,(H,30,34)/t18-,19+/m1/s1. The Hall–Kier alpha value is -4.20. The normalized spacial score (nSPS) is 19.5. The maximum atomic E-state index is 13.0. The van der Waals surface area contributed by atoms with Crippen molar-refractivity contribution in [1.29, 1.82) is 5.26 Å². The largest absolute Gasteiger partial charge is 0.444 e. The maximum Gasteiger partial charge on any atom is 0.410 e. The zero-order chi connectivity index (χ0) is 26.2. The molecule has 3 aromatic rings. The van der Waals surface area contributed by atoms with Crippen molar-refractivity contribution in [2.45, 2.75) is 70.2 Å². The molecular weight excluding hydrogens is 474 g/mol. The summed E-state index contributed by atoms with van der Waals surface area (Å²) in [5, 5.41) is 20.1. The van der Waals surface area contributed by atoms with Gasteiger partial charge in [-0.1, -0.05) is 11.3 Å². The number of aromatic nitrogens is 4. The van der Waals surface area contributed by atoms with E-state index in [0.717, 1.165) is 24.0 Å². The number of hydrogen-bond donors (Lipinski definition) is 1. The summed E-state index contributed by atoms with van der Waals surface area (Å²) in [6.07, 6.45) is 7.06. The number of carbonyl (C=O) groups is 2. The van der Waals surface area contributed by atoms with Crippen molar-refractivity contribution in [2.24, 2.45) is 0 Å². The van der Waals surface area contributed by atoms with Crippen molar-refractivity contribution >= 4 is 12.0 Å². The van der Waals surface area contributed by atoms with Crippen LogP contribution in [0, 0.1) is 11.3 Å². The second-order valence-electron chi connectivity index (χ2n) is 10.5. The third-order valence-electron chi connectivity index (χ3n) is 6.41. The summed E-state index contributed by atoms with van der Waals surface area (Å²) in [4.78, 5) is 31.8. The van der Waals surface area contributed by atoms with Gasteiger partial charge in [-0.25, -0.2) is 9.78 Å². The SMILES string of the molecule is CC(C)(C)OC(=O)N1C[C@H](NC(=O)c2ncc(-c3cc(C#N)ccc3C3CC3)o2)C[C@H]1Cn1ccnn1. The molecule has 5 rings (SSSR count). The predicted molar refractivity (Wildman–Crippen MR) is 131 cm³/mol. The summed E-state index contributed by atoms with van der Waals surface area (Å²) < 4.78 is 13.1. The minimum absolute atomic E-state index is 0.0670. The van der Waals surface area contributed by atoms with Crippen LogP contribution in [0.25, 0.3) is 11.3 Å². The number of rotatable bonds is 6. The van der Waals surface area contributed by atoms with Gasteiger partial charge in [-0.15, -0.1) is 5.10 Å². The van der Waals surface area contributed by atoms with Crippen LogP contribution in [0.4, 0.5) is 4.79 Å². The van der Waals surface area contributed by atoms with Crippen molar-refractivity contribution in [3.63, 3.8) is 0 Å². The second-order valence-corrected chi connectivity index (χ2v) is 10.5. The minimum atomic E-state index is -0.646. The molecule has 192 valence electrons. The molecule has 1 saturated heterocycles. The molecule has 2 aliphatic rings. The Labute approximate surface area is 214 Å². The average Bonchev–Trinajstić information content (AvgIpc) is 3.22. The van der Waals surface area contributed by atoms with Crippen LogP contribution in [0.2, 0.25) is 0 Å². The first-order valence-electron chi connectivity index (χ1n) is 12.3. The minimum Gasteiger partial charge on any atom is -0.444 e. The number of amides is 2. The first-order chi connectivity index (χ1) is 17.7. The zero-order valence-corrected chi connectivity index (χ0v) is 21.0. The lowest BCUT2D eigenvalue weighted by molar-refractivity contribution is 0.0207. The van der Waals surface area contributed by atoms with Crippen molar-refractivity contribution in [3.05, 3.63) is 53.8 Å². The lowest BCUT2D eigenvalue weighted by Crippen LogP contribution is -2.43. The lowest BCUT2D eigenvalue weighted by Gasteiger charge is -2.28. The quantitative estimate of drug-likeness (QED) is 0.539. The van der Waals surface area contributed by atoms with E-state index in [1.54, 1.807) is 34.1 Å². The topological polar surface area (TPSA) is 139 Å². The van der Waals surface area contributed by atoms with Gasteiger partial charge in [-0.05, 0) is 63.6 Å². The highest BCUT2D eigenvalue weighted by molar-refractivity contribution is 5.90. The third kappa shape index (κ3) is 5.63. The van der Waals surface area contributed by atoms with Gasteiger partial charge >= 0.3 is 12.0 Å². The van der Waals surface area contributed by atoms with E-state index in [1.165, 1.54) is 6.20 Å². The molecule has 37 heavy (non-hydrogen) atoms. The average molecular weight is 504 g/mol.